The van der Waals surface area contributed by atoms with Crippen LogP contribution in [0.2, 0.25) is 0 Å². The Morgan fingerprint density at radius 3 is 2.56 bits per heavy atom. The predicted molar refractivity (Wildman–Crippen MR) is 124 cm³/mol. The molecule has 4 heterocycles. The Balaban J connectivity index is 1.17. The Morgan fingerprint density at radius 1 is 1.09 bits per heavy atom. The summed E-state index contributed by atoms with van der Waals surface area (Å²) in [6.45, 7) is 0.512. The summed E-state index contributed by atoms with van der Waals surface area (Å²) >= 11 is 0. The summed E-state index contributed by atoms with van der Waals surface area (Å²) in [6.07, 6.45) is 8.07. The summed E-state index contributed by atoms with van der Waals surface area (Å²) in [5.74, 6) is 1.63. The minimum absolute atomic E-state index is 0.156. The predicted octanol–water partition coefficient (Wildman–Crippen LogP) is 4.51. The number of ether oxygens (including phenoxy) is 2. The first kappa shape index (κ1) is 21.3. The molecule has 2 aromatic heterocycles. The maximum Gasteiger partial charge on any atom is 0.356 e. The van der Waals surface area contributed by atoms with Crippen LogP contribution in [-0.4, -0.2) is 46.4 Å². The van der Waals surface area contributed by atoms with Crippen LogP contribution in [0.3, 0.4) is 0 Å². The van der Waals surface area contributed by atoms with Crippen LogP contribution in [0.5, 0.6) is 0 Å². The van der Waals surface area contributed by atoms with E-state index < -0.39 is 5.97 Å². The number of aromatic nitrogens is 3. The first-order valence-corrected chi connectivity index (χ1v) is 12.1. The molecule has 6 rings (SSSR count). The van der Waals surface area contributed by atoms with E-state index in [1.54, 1.807) is 12.3 Å². The number of rotatable bonds is 7. The van der Waals surface area contributed by atoms with Crippen molar-refractivity contribution in [3.05, 3.63) is 59.6 Å². The second-order valence-electron chi connectivity index (χ2n) is 9.44. The van der Waals surface area contributed by atoms with Crippen molar-refractivity contribution in [1.29, 1.82) is 0 Å². The van der Waals surface area contributed by atoms with Crippen LogP contribution < -0.4 is 4.90 Å². The van der Waals surface area contributed by atoms with Gasteiger partial charge < -0.3 is 18.9 Å². The molecule has 3 fully saturated rings. The van der Waals surface area contributed by atoms with Gasteiger partial charge in [0.05, 0.1) is 19.8 Å². The monoisotopic (exact) mass is 460 g/mol. The fourth-order valence-electron chi connectivity index (χ4n) is 5.43. The molecule has 2 bridgehead atoms. The molecular weight excluding hydrogens is 432 g/mol. The number of carbonyl (C=O) groups excluding carboxylic acids is 1. The van der Waals surface area contributed by atoms with Crippen LogP contribution in [0.25, 0.3) is 11.3 Å². The highest BCUT2D eigenvalue weighted by Gasteiger charge is 2.43. The maximum atomic E-state index is 11.9. The highest BCUT2D eigenvalue weighted by atomic mass is 16.5. The number of fused-ring (bicyclic) bond motifs is 2. The molecule has 2 unspecified atom stereocenters. The molecule has 1 aliphatic carbocycles. The number of benzene rings is 1. The molecule has 34 heavy (non-hydrogen) atoms. The lowest BCUT2D eigenvalue weighted by Crippen LogP contribution is -2.46. The normalized spacial score (nSPS) is 23.8. The summed E-state index contributed by atoms with van der Waals surface area (Å²) in [7, 11) is 1.37. The SMILES string of the molecule is COC(=O)c1ccnc(N2C3CC[C@H]2CC(OCc2c(-c4ccccc4)noc2C2CC2)C3)n1. The number of hydrogen-bond acceptors (Lipinski definition) is 8. The van der Waals surface area contributed by atoms with E-state index in [9.17, 15) is 4.79 Å². The third-order valence-electron chi connectivity index (χ3n) is 7.24. The molecule has 3 aromatic rings. The molecule has 0 radical (unpaired) electrons. The van der Waals surface area contributed by atoms with Crippen LogP contribution in [0.15, 0.2) is 47.1 Å². The fourth-order valence-corrected chi connectivity index (χ4v) is 5.43. The lowest BCUT2D eigenvalue weighted by Gasteiger charge is -2.38. The van der Waals surface area contributed by atoms with Gasteiger partial charge in [-0.1, -0.05) is 35.5 Å². The van der Waals surface area contributed by atoms with Crippen molar-refractivity contribution in [3.63, 3.8) is 0 Å². The third-order valence-corrected chi connectivity index (χ3v) is 7.24. The molecule has 0 N–H and O–H groups in total. The van der Waals surface area contributed by atoms with Crippen LogP contribution in [0.1, 0.15) is 66.3 Å². The van der Waals surface area contributed by atoms with E-state index in [0.29, 0.717) is 36.3 Å². The molecule has 1 saturated carbocycles. The van der Waals surface area contributed by atoms with Crippen molar-refractivity contribution in [1.82, 2.24) is 15.1 Å². The summed E-state index contributed by atoms with van der Waals surface area (Å²) < 4.78 is 17.1. The van der Waals surface area contributed by atoms with Crippen LogP contribution in [-0.2, 0) is 16.1 Å². The summed E-state index contributed by atoms with van der Waals surface area (Å²) in [4.78, 5) is 23.1. The van der Waals surface area contributed by atoms with E-state index in [0.717, 1.165) is 61.1 Å². The quantitative estimate of drug-likeness (QED) is 0.476. The minimum Gasteiger partial charge on any atom is -0.464 e. The Hall–Kier alpha value is -3.26. The van der Waals surface area contributed by atoms with Crippen molar-refractivity contribution in [2.24, 2.45) is 0 Å². The lowest BCUT2D eigenvalue weighted by molar-refractivity contribution is 0.0144. The van der Waals surface area contributed by atoms with Crippen molar-refractivity contribution >= 4 is 11.9 Å². The zero-order valence-electron chi connectivity index (χ0n) is 19.2. The molecule has 2 saturated heterocycles. The van der Waals surface area contributed by atoms with Gasteiger partial charge in [0.2, 0.25) is 5.95 Å². The van der Waals surface area contributed by atoms with Crippen molar-refractivity contribution in [2.45, 2.75) is 69.2 Å². The van der Waals surface area contributed by atoms with Crippen LogP contribution in [0, 0.1) is 0 Å². The van der Waals surface area contributed by atoms with Gasteiger partial charge in [0, 0.05) is 35.3 Å². The molecule has 3 atom stereocenters. The van der Waals surface area contributed by atoms with E-state index in [1.165, 1.54) is 7.11 Å². The van der Waals surface area contributed by atoms with Gasteiger partial charge in [0.15, 0.2) is 5.69 Å². The van der Waals surface area contributed by atoms with Gasteiger partial charge in [-0.3, -0.25) is 0 Å². The molecule has 0 spiro atoms. The number of nitrogens with zero attached hydrogens (tertiary/aromatic N) is 4. The molecule has 3 aliphatic rings. The summed E-state index contributed by atoms with van der Waals surface area (Å²) in [5, 5.41) is 4.42. The zero-order valence-corrected chi connectivity index (χ0v) is 19.2. The third kappa shape index (κ3) is 3.96. The second kappa shape index (κ2) is 8.83. The number of esters is 1. The average Bonchev–Trinajstić information content (AvgIpc) is 3.58. The smallest absolute Gasteiger partial charge is 0.356 e. The van der Waals surface area contributed by atoms with Gasteiger partial charge in [0.25, 0.3) is 0 Å². The highest BCUT2D eigenvalue weighted by Crippen LogP contribution is 2.45. The molecular formula is C26H28N4O4. The molecule has 176 valence electrons. The number of methoxy groups -OCH3 is 1. The van der Waals surface area contributed by atoms with E-state index in [-0.39, 0.29) is 6.10 Å². The zero-order chi connectivity index (χ0) is 23.1. The van der Waals surface area contributed by atoms with Gasteiger partial charge in [-0.2, -0.15) is 0 Å². The van der Waals surface area contributed by atoms with Crippen molar-refractivity contribution < 1.29 is 18.8 Å². The Labute approximate surface area is 198 Å². The lowest BCUT2D eigenvalue weighted by atomic mass is 9.99. The van der Waals surface area contributed by atoms with E-state index >= 15 is 0 Å². The topological polar surface area (TPSA) is 90.6 Å². The van der Waals surface area contributed by atoms with E-state index in [1.807, 2.05) is 18.2 Å². The van der Waals surface area contributed by atoms with Crippen molar-refractivity contribution in [2.75, 3.05) is 12.0 Å². The van der Waals surface area contributed by atoms with Crippen LogP contribution >= 0.6 is 0 Å². The van der Waals surface area contributed by atoms with E-state index in [4.69, 9.17) is 14.0 Å². The maximum absolute atomic E-state index is 11.9. The average molecular weight is 461 g/mol. The first-order valence-electron chi connectivity index (χ1n) is 12.1. The van der Waals surface area contributed by atoms with Gasteiger partial charge >= 0.3 is 5.97 Å². The van der Waals surface area contributed by atoms with E-state index in [2.05, 4.69) is 32.2 Å². The number of hydrogen-bond donors (Lipinski definition) is 0. The standard InChI is InChI=1S/C26H28N4O4/c1-32-25(31)22-11-12-27-26(28-22)30-18-9-10-19(30)14-20(13-18)33-15-21-23(16-5-3-2-4-6-16)29-34-24(21)17-7-8-17/h2-6,11-12,17-20H,7-10,13-15H2,1H3/t18-,19?,20?/m0/s1. The Bertz CT molecular complexity index is 1160. The molecule has 1 aromatic carbocycles. The largest absolute Gasteiger partial charge is 0.464 e. The molecule has 2 aliphatic heterocycles. The Kier molecular flexibility index (Phi) is 5.53. The second-order valence-corrected chi connectivity index (χ2v) is 9.44. The summed E-state index contributed by atoms with van der Waals surface area (Å²) in [5.41, 5.74) is 3.35. The Morgan fingerprint density at radius 2 is 1.85 bits per heavy atom. The molecule has 0 amide bonds. The molecule has 8 nitrogen and oxygen atoms in total. The van der Waals surface area contributed by atoms with Gasteiger partial charge in [-0.25, -0.2) is 14.8 Å². The van der Waals surface area contributed by atoms with Crippen molar-refractivity contribution in [3.8, 4) is 11.3 Å². The number of carbonyl (C=O) groups is 1. The first-order chi connectivity index (χ1) is 16.7. The number of anilines is 1. The van der Waals surface area contributed by atoms with Gasteiger partial charge in [-0.15, -0.1) is 0 Å². The minimum atomic E-state index is -0.441. The fraction of sp³-hybridized carbons (Fsp3) is 0.462. The number of piperidine rings is 1. The van der Waals surface area contributed by atoms with Gasteiger partial charge in [0.1, 0.15) is 11.5 Å². The highest BCUT2D eigenvalue weighted by molar-refractivity contribution is 5.87. The van der Waals surface area contributed by atoms with Crippen LogP contribution in [0.4, 0.5) is 5.95 Å². The summed E-state index contributed by atoms with van der Waals surface area (Å²) in [6, 6.07) is 12.4. The molecule has 8 heteroatoms. The van der Waals surface area contributed by atoms with Gasteiger partial charge in [-0.05, 0) is 44.6 Å².